The Balaban J connectivity index is 2.46. The molecule has 0 radical (unpaired) electrons. The summed E-state index contributed by atoms with van der Waals surface area (Å²) >= 11 is 0. The van der Waals surface area contributed by atoms with E-state index in [1.165, 1.54) is 0 Å². The van der Waals surface area contributed by atoms with Crippen LogP contribution in [0.1, 0.15) is 22.3 Å². The first kappa shape index (κ1) is 13.9. The summed E-state index contributed by atoms with van der Waals surface area (Å²) in [6.45, 7) is 0.289. The van der Waals surface area contributed by atoms with E-state index in [2.05, 4.69) is 11.8 Å². The van der Waals surface area contributed by atoms with E-state index in [4.69, 9.17) is 24.3 Å². The van der Waals surface area contributed by atoms with E-state index in [0.717, 1.165) is 22.3 Å². The molecule has 98 valence electrons. The Labute approximate surface area is 119 Å². The minimum Gasteiger partial charge on any atom is -0.328 e. The van der Waals surface area contributed by atoms with E-state index in [9.17, 15) is 0 Å². The molecule has 0 unspecified atom stereocenters. The molecule has 4 N–H and O–H groups in total. The maximum absolute atomic E-state index is 6.49. The Hall–Kier alpha value is -2.52. The summed E-state index contributed by atoms with van der Waals surface area (Å²) in [6.07, 6.45) is 10.7. The molecule has 0 aliphatic rings. The van der Waals surface area contributed by atoms with Gasteiger partial charge in [0, 0.05) is 17.7 Å². The molecule has 2 heteroatoms. The third-order valence-electron chi connectivity index (χ3n) is 3.46. The van der Waals surface area contributed by atoms with Gasteiger partial charge in [0.15, 0.2) is 0 Å². The fraction of sp³-hybridized carbons (Fsp3) is 0.111. The summed E-state index contributed by atoms with van der Waals surface area (Å²) in [7, 11) is 0. The summed E-state index contributed by atoms with van der Waals surface area (Å²) in [4.78, 5) is 0. The highest BCUT2D eigenvalue weighted by Crippen LogP contribution is 2.26. The second-order valence-corrected chi connectivity index (χ2v) is 4.62. The van der Waals surface area contributed by atoms with Crippen LogP contribution in [-0.4, -0.2) is 6.54 Å². The summed E-state index contributed by atoms with van der Waals surface area (Å²) in [5.41, 5.74) is 15.1. The Morgan fingerprint density at radius 2 is 1.15 bits per heavy atom. The molecule has 2 rings (SSSR count). The second-order valence-electron chi connectivity index (χ2n) is 4.62. The van der Waals surface area contributed by atoms with Gasteiger partial charge in [-0.2, -0.15) is 0 Å². The number of terminal acetylenes is 2. The first-order chi connectivity index (χ1) is 9.63. The minimum absolute atomic E-state index is 0.289. The van der Waals surface area contributed by atoms with Crippen LogP contribution in [0.15, 0.2) is 48.5 Å². The van der Waals surface area contributed by atoms with Crippen LogP contribution in [0.2, 0.25) is 0 Å². The number of nitrogens with two attached hydrogens (primary N) is 2. The topological polar surface area (TPSA) is 52.0 Å². The van der Waals surface area contributed by atoms with Crippen molar-refractivity contribution in [3.63, 3.8) is 0 Å². The first-order valence-corrected chi connectivity index (χ1v) is 6.27. The lowest BCUT2D eigenvalue weighted by Gasteiger charge is -2.29. The molecule has 0 fully saturated rings. The zero-order valence-corrected chi connectivity index (χ0v) is 11.1. The zero-order valence-electron chi connectivity index (χ0n) is 11.1. The van der Waals surface area contributed by atoms with Gasteiger partial charge in [-0.25, -0.2) is 0 Å². The van der Waals surface area contributed by atoms with Crippen molar-refractivity contribution < 1.29 is 0 Å². The number of rotatable bonds is 3. The molecule has 2 aromatic carbocycles. The van der Waals surface area contributed by atoms with E-state index >= 15 is 0 Å². The number of hydrogen-bond donors (Lipinski definition) is 2. The van der Waals surface area contributed by atoms with Crippen molar-refractivity contribution in [3.05, 3.63) is 70.8 Å². The van der Waals surface area contributed by atoms with Crippen molar-refractivity contribution in [3.8, 4) is 24.7 Å². The first-order valence-electron chi connectivity index (χ1n) is 6.27. The van der Waals surface area contributed by atoms with E-state index in [1.807, 2.05) is 48.5 Å². The van der Waals surface area contributed by atoms with E-state index < -0.39 is 5.54 Å². The molecule has 0 atom stereocenters. The molecule has 20 heavy (non-hydrogen) atoms. The van der Waals surface area contributed by atoms with Gasteiger partial charge in [-0.05, 0) is 35.4 Å². The third-order valence-corrected chi connectivity index (χ3v) is 3.46. The molecule has 0 aliphatic carbocycles. The summed E-state index contributed by atoms with van der Waals surface area (Å²) in [6, 6.07) is 15.1. The van der Waals surface area contributed by atoms with Gasteiger partial charge < -0.3 is 11.5 Å². The van der Waals surface area contributed by atoms with Crippen molar-refractivity contribution in [2.75, 3.05) is 6.54 Å². The lowest BCUT2D eigenvalue weighted by Crippen LogP contribution is -2.45. The van der Waals surface area contributed by atoms with Gasteiger partial charge >= 0.3 is 0 Å². The monoisotopic (exact) mass is 260 g/mol. The average Bonchev–Trinajstić information content (AvgIpc) is 2.54. The predicted molar refractivity (Wildman–Crippen MR) is 82.8 cm³/mol. The maximum Gasteiger partial charge on any atom is 0.0790 e. The van der Waals surface area contributed by atoms with Gasteiger partial charge in [0.05, 0.1) is 5.54 Å². The molecule has 0 saturated carbocycles. The summed E-state index contributed by atoms with van der Waals surface area (Å²) in [5, 5.41) is 0. The molecule has 0 amide bonds. The van der Waals surface area contributed by atoms with Crippen LogP contribution < -0.4 is 11.5 Å². The van der Waals surface area contributed by atoms with Gasteiger partial charge in [0.2, 0.25) is 0 Å². The molecule has 2 nitrogen and oxygen atoms in total. The van der Waals surface area contributed by atoms with Crippen LogP contribution in [0.4, 0.5) is 0 Å². The predicted octanol–water partition coefficient (Wildman–Crippen LogP) is 1.81. The Morgan fingerprint density at radius 3 is 1.40 bits per heavy atom. The van der Waals surface area contributed by atoms with Crippen LogP contribution in [0.3, 0.4) is 0 Å². The molecular formula is C18H16N2. The molecule has 0 spiro atoms. The largest absolute Gasteiger partial charge is 0.328 e. The van der Waals surface area contributed by atoms with Crippen LogP contribution in [-0.2, 0) is 5.54 Å². The highest BCUT2D eigenvalue weighted by molar-refractivity contribution is 5.44. The fourth-order valence-electron chi connectivity index (χ4n) is 2.13. The quantitative estimate of drug-likeness (QED) is 0.827. The molecule has 0 bridgehead atoms. The van der Waals surface area contributed by atoms with Crippen LogP contribution in [0, 0.1) is 24.7 Å². The highest BCUT2D eigenvalue weighted by atomic mass is 14.8. The third kappa shape index (κ3) is 2.44. The normalized spacial score (nSPS) is 10.6. The van der Waals surface area contributed by atoms with Crippen molar-refractivity contribution in [2.45, 2.75) is 5.54 Å². The van der Waals surface area contributed by atoms with E-state index in [0.29, 0.717) is 0 Å². The molecule has 2 aromatic rings. The molecule has 0 aliphatic heterocycles. The second kappa shape index (κ2) is 5.63. The number of benzene rings is 2. The summed E-state index contributed by atoms with van der Waals surface area (Å²) < 4.78 is 0. The molecular weight excluding hydrogens is 244 g/mol. The smallest absolute Gasteiger partial charge is 0.0790 e. The highest BCUT2D eigenvalue weighted by Gasteiger charge is 2.27. The van der Waals surface area contributed by atoms with Crippen molar-refractivity contribution in [1.29, 1.82) is 0 Å². The molecule has 0 aromatic heterocycles. The maximum atomic E-state index is 6.49. The molecule has 0 saturated heterocycles. The zero-order chi connectivity index (χ0) is 14.6. The van der Waals surface area contributed by atoms with Gasteiger partial charge in [-0.1, -0.05) is 36.1 Å². The SMILES string of the molecule is C#Cc1ccc(C(N)(CN)c2ccc(C#C)cc2)cc1. The van der Waals surface area contributed by atoms with E-state index in [1.54, 1.807) is 0 Å². The minimum atomic E-state index is -0.750. The molecule has 0 heterocycles. The standard InChI is InChI=1S/C18H16N2/c1-3-14-5-9-16(10-6-14)18(20,13-19)17-11-7-15(4-2)8-12-17/h1-2,5-12H,13,19-20H2. The van der Waals surface area contributed by atoms with Gasteiger partial charge in [0.25, 0.3) is 0 Å². The fourth-order valence-corrected chi connectivity index (χ4v) is 2.13. The Bertz CT molecular complexity index is 610. The van der Waals surface area contributed by atoms with Crippen LogP contribution >= 0.6 is 0 Å². The lowest BCUT2D eigenvalue weighted by molar-refractivity contribution is 0.551. The summed E-state index contributed by atoms with van der Waals surface area (Å²) in [5.74, 6) is 5.17. The van der Waals surface area contributed by atoms with Crippen LogP contribution in [0.5, 0.6) is 0 Å². The van der Waals surface area contributed by atoms with E-state index in [-0.39, 0.29) is 6.54 Å². The van der Waals surface area contributed by atoms with Crippen molar-refractivity contribution in [2.24, 2.45) is 11.5 Å². The van der Waals surface area contributed by atoms with Crippen LogP contribution in [0.25, 0.3) is 0 Å². The Kier molecular flexibility index (Phi) is 3.91. The van der Waals surface area contributed by atoms with Crippen molar-refractivity contribution >= 4 is 0 Å². The number of hydrogen-bond acceptors (Lipinski definition) is 2. The lowest BCUT2D eigenvalue weighted by atomic mass is 9.83. The van der Waals surface area contributed by atoms with Gasteiger partial charge in [0.1, 0.15) is 0 Å². The Morgan fingerprint density at radius 1 is 0.800 bits per heavy atom. The van der Waals surface area contributed by atoms with Gasteiger partial charge in [-0.3, -0.25) is 0 Å². The average molecular weight is 260 g/mol. The van der Waals surface area contributed by atoms with Gasteiger partial charge in [-0.15, -0.1) is 12.8 Å². The van der Waals surface area contributed by atoms with Crippen molar-refractivity contribution in [1.82, 2.24) is 0 Å².